The predicted molar refractivity (Wildman–Crippen MR) is 72.5 cm³/mol. The van der Waals surface area contributed by atoms with E-state index in [-0.39, 0.29) is 0 Å². The summed E-state index contributed by atoms with van der Waals surface area (Å²) in [6, 6.07) is 8.17. The van der Waals surface area contributed by atoms with Crippen molar-refractivity contribution < 1.29 is 0 Å². The standard InChI is InChI=1S/C13H17N5/c1-18-11-6-3-2-5-10(11)17-12(18)9-16-13-14-7-4-8-15-13/h2-3,5-6H,4,7-9H2,1H3,(H2,14,15,16). The van der Waals surface area contributed by atoms with E-state index in [1.165, 1.54) is 0 Å². The third-order valence-corrected chi connectivity index (χ3v) is 3.19. The average molecular weight is 243 g/mol. The lowest BCUT2D eigenvalue weighted by molar-refractivity contribution is 0.683. The maximum absolute atomic E-state index is 4.61. The van der Waals surface area contributed by atoms with Crippen molar-refractivity contribution in [1.29, 1.82) is 0 Å². The minimum Gasteiger partial charge on any atom is -0.356 e. The van der Waals surface area contributed by atoms with Crippen LogP contribution < -0.4 is 10.6 Å². The highest BCUT2D eigenvalue weighted by atomic mass is 15.2. The summed E-state index contributed by atoms with van der Waals surface area (Å²) in [6.07, 6.45) is 1.11. The first-order valence-corrected chi connectivity index (χ1v) is 6.27. The van der Waals surface area contributed by atoms with Crippen LogP contribution in [0.5, 0.6) is 0 Å². The van der Waals surface area contributed by atoms with E-state index < -0.39 is 0 Å². The number of aryl methyl sites for hydroxylation is 1. The van der Waals surface area contributed by atoms with Gasteiger partial charge in [0.2, 0.25) is 0 Å². The Kier molecular flexibility index (Phi) is 2.88. The van der Waals surface area contributed by atoms with Gasteiger partial charge in [0, 0.05) is 20.1 Å². The average Bonchev–Trinajstić information content (AvgIpc) is 2.75. The number of guanidine groups is 1. The highest BCUT2D eigenvalue weighted by molar-refractivity contribution is 5.80. The van der Waals surface area contributed by atoms with Gasteiger partial charge >= 0.3 is 0 Å². The Morgan fingerprint density at radius 3 is 3.06 bits per heavy atom. The number of nitrogens with zero attached hydrogens (tertiary/aromatic N) is 3. The summed E-state index contributed by atoms with van der Waals surface area (Å²) in [6.45, 7) is 2.59. The molecule has 1 aliphatic rings. The number of benzene rings is 1. The Hall–Kier alpha value is -2.04. The summed E-state index contributed by atoms with van der Waals surface area (Å²) in [7, 11) is 2.04. The zero-order valence-corrected chi connectivity index (χ0v) is 10.5. The zero-order valence-electron chi connectivity index (χ0n) is 10.5. The van der Waals surface area contributed by atoms with Gasteiger partial charge in [-0.15, -0.1) is 0 Å². The number of para-hydroxylation sites is 2. The molecule has 0 unspecified atom stereocenters. The molecule has 1 aromatic heterocycles. The number of hydrogen-bond donors (Lipinski definition) is 2. The van der Waals surface area contributed by atoms with Crippen LogP contribution in [0.2, 0.25) is 0 Å². The number of imidazole rings is 1. The lowest BCUT2D eigenvalue weighted by Gasteiger charge is -2.15. The summed E-state index contributed by atoms with van der Waals surface area (Å²) in [4.78, 5) is 9.00. The van der Waals surface area contributed by atoms with Crippen molar-refractivity contribution in [2.24, 2.45) is 12.0 Å². The van der Waals surface area contributed by atoms with Crippen LogP contribution >= 0.6 is 0 Å². The number of hydrogen-bond acceptors (Lipinski definition) is 4. The SMILES string of the molecule is Cn1c(CNC2=NCCCN2)nc2ccccc21. The predicted octanol–water partition coefficient (Wildman–Crippen LogP) is 1.01. The number of rotatable bonds is 2. The van der Waals surface area contributed by atoms with Crippen LogP contribution in [0.25, 0.3) is 11.0 Å². The summed E-state index contributed by atoms with van der Waals surface area (Å²) in [5.41, 5.74) is 2.20. The third-order valence-electron chi connectivity index (χ3n) is 3.19. The monoisotopic (exact) mass is 243 g/mol. The van der Waals surface area contributed by atoms with Gasteiger partial charge in [-0.25, -0.2) is 4.98 Å². The number of aliphatic imine (C=N–C) groups is 1. The lowest BCUT2D eigenvalue weighted by atomic mass is 10.3. The lowest BCUT2D eigenvalue weighted by Crippen LogP contribution is -2.40. The first-order chi connectivity index (χ1) is 8.84. The van der Waals surface area contributed by atoms with Crippen LogP contribution in [0.3, 0.4) is 0 Å². The molecule has 0 fully saturated rings. The fraction of sp³-hybridized carbons (Fsp3) is 0.385. The minimum atomic E-state index is 0.691. The van der Waals surface area contributed by atoms with Crippen LogP contribution in [0, 0.1) is 0 Å². The fourth-order valence-electron chi connectivity index (χ4n) is 2.17. The maximum atomic E-state index is 4.61. The number of fused-ring (bicyclic) bond motifs is 1. The van der Waals surface area contributed by atoms with Crippen molar-refractivity contribution >= 4 is 17.0 Å². The molecule has 94 valence electrons. The molecule has 0 amide bonds. The van der Waals surface area contributed by atoms with E-state index in [0.717, 1.165) is 42.3 Å². The maximum Gasteiger partial charge on any atom is 0.191 e. The van der Waals surface area contributed by atoms with Crippen molar-refractivity contribution in [2.75, 3.05) is 13.1 Å². The second-order valence-corrected chi connectivity index (χ2v) is 4.44. The zero-order chi connectivity index (χ0) is 12.4. The summed E-state index contributed by atoms with van der Waals surface area (Å²) in [5, 5.41) is 6.54. The largest absolute Gasteiger partial charge is 0.356 e. The smallest absolute Gasteiger partial charge is 0.191 e. The molecule has 0 radical (unpaired) electrons. The van der Waals surface area contributed by atoms with Crippen molar-refractivity contribution in [3.8, 4) is 0 Å². The molecule has 2 aromatic rings. The molecule has 2 heterocycles. The molecule has 18 heavy (non-hydrogen) atoms. The van der Waals surface area contributed by atoms with Crippen molar-refractivity contribution in [1.82, 2.24) is 20.2 Å². The van der Waals surface area contributed by atoms with Crippen LogP contribution in [0.15, 0.2) is 29.3 Å². The Morgan fingerprint density at radius 1 is 1.39 bits per heavy atom. The summed E-state index contributed by atoms with van der Waals surface area (Å²) in [5.74, 6) is 1.90. The molecule has 0 atom stereocenters. The number of nitrogens with one attached hydrogen (secondary N) is 2. The molecule has 2 N–H and O–H groups in total. The van der Waals surface area contributed by atoms with Gasteiger partial charge in [-0.2, -0.15) is 0 Å². The molecule has 0 saturated heterocycles. The van der Waals surface area contributed by atoms with Crippen molar-refractivity contribution in [3.63, 3.8) is 0 Å². The molecule has 0 aliphatic carbocycles. The minimum absolute atomic E-state index is 0.691. The molecule has 1 aliphatic heterocycles. The normalized spacial score (nSPS) is 15.3. The summed E-state index contributed by atoms with van der Waals surface area (Å²) < 4.78 is 2.12. The van der Waals surface area contributed by atoms with Gasteiger partial charge in [-0.3, -0.25) is 4.99 Å². The van der Waals surface area contributed by atoms with Gasteiger partial charge in [0.05, 0.1) is 17.6 Å². The molecule has 0 saturated carbocycles. The second kappa shape index (κ2) is 4.68. The molecule has 1 aromatic carbocycles. The van der Waals surface area contributed by atoms with Gasteiger partial charge in [0.25, 0.3) is 0 Å². The van der Waals surface area contributed by atoms with Gasteiger partial charge in [0.15, 0.2) is 5.96 Å². The first-order valence-electron chi connectivity index (χ1n) is 6.27. The van der Waals surface area contributed by atoms with Crippen molar-refractivity contribution in [2.45, 2.75) is 13.0 Å². The Bertz CT molecular complexity index is 584. The van der Waals surface area contributed by atoms with Gasteiger partial charge in [-0.05, 0) is 18.6 Å². The molecule has 5 heteroatoms. The van der Waals surface area contributed by atoms with E-state index in [1.54, 1.807) is 0 Å². The van der Waals surface area contributed by atoms with Crippen LogP contribution in [0.4, 0.5) is 0 Å². The van der Waals surface area contributed by atoms with Crippen LogP contribution in [-0.2, 0) is 13.6 Å². The van der Waals surface area contributed by atoms with Gasteiger partial charge < -0.3 is 15.2 Å². The number of aromatic nitrogens is 2. The van der Waals surface area contributed by atoms with E-state index in [2.05, 4.69) is 31.2 Å². The Balaban J connectivity index is 1.78. The van der Waals surface area contributed by atoms with E-state index in [9.17, 15) is 0 Å². The summed E-state index contributed by atoms with van der Waals surface area (Å²) >= 11 is 0. The molecule has 3 rings (SSSR count). The van der Waals surface area contributed by atoms with E-state index in [1.807, 2.05) is 25.2 Å². The molecule has 0 bridgehead atoms. The molecular formula is C13H17N5. The van der Waals surface area contributed by atoms with Crippen LogP contribution in [0.1, 0.15) is 12.2 Å². The van der Waals surface area contributed by atoms with Gasteiger partial charge in [0.1, 0.15) is 5.82 Å². The van der Waals surface area contributed by atoms with E-state index >= 15 is 0 Å². The van der Waals surface area contributed by atoms with E-state index in [0.29, 0.717) is 6.54 Å². The first kappa shape index (κ1) is 11.1. The highest BCUT2D eigenvalue weighted by Crippen LogP contribution is 2.13. The third kappa shape index (κ3) is 2.03. The van der Waals surface area contributed by atoms with Crippen molar-refractivity contribution in [3.05, 3.63) is 30.1 Å². The molecular weight excluding hydrogens is 226 g/mol. The molecule has 0 spiro atoms. The van der Waals surface area contributed by atoms with Gasteiger partial charge in [-0.1, -0.05) is 12.1 Å². The molecule has 5 nitrogen and oxygen atoms in total. The Morgan fingerprint density at radius 2 is 2.28 bits per heavy atom. The van der Waals surface area contributed by atoms with Crippen LogP contribution in [-0.4, -0.2) is 28.6 Å². The quantitative estimate of drug-likeness (QED) is 0.827. The Labute approximate surface area is 106 Å². The topological polar surface area (TPSA) is 54.2 Å². The highest BCUT2D eigenvalue weighted by Gasteiger charge is 2.08. The van der Waals surface area contributed by atoms with E-state index in [4.69, 9.17) is 0 Å². The second-order valence-electron chi connectivity index (χ2n) is 4.44. The fourth-order valence-corrected chi connectivity index (χ4v) is 2.17.